The summed E-state index contributed by atoms with van der Waals surface area (Å²) in [5, 5.41) is 12.2. The number of fused-ring (bicyclic) bond motifs is 4. The van der Waals surface area contributed by atoms with Gasteiger partial charge < -0.3 is 10.2 Å². The number of amides is 1. The van der Waals surface area contributed by atoms with Gasteiger partial charge in [-0.1, -0.05) is 0 Å². The van der Waals surface area contributed by atoms with Gasteiger partial charge in [-0.2, -0.15) is 15.0 Å². The molecular weight excluding hydrogens is 292 g/mol. The topological polar surface area (TPSA) is 75.9 Å². The first kappa shape index (κ1) is 13.0. The van der Waals surface area contributed by atoms with E-state index in [0.717, 1.165) is 48.3 Å². The van der Waals surface area contributed by atoms with E-state index in [-0.39, 0.29) is 17.4 Å². The zero-order chi connectivity index (χ0) is 15.8. The van der Waals surface area contributed by atoms with Crippen LogP contribution in [0.2, 0.25) is 0 Å². The Bertz CT molecular complexity index is 833. The van der Waals surface area contributed by atoms with Crippen LogP contribution in [0.4, 0.5) is 11.5 Å². The van der Waals surface area contributed by atoms with Crippen molar-refractivity contribution in [2.24, 2.45) is 13.0 Å². The van der Waals surface area contributed by atoms with Crippen LogP contribution < -0.4 is 10.2 Å². The third-order valence-electron chi connectivity index (χ3n) is 5.22. The van der Waals surface area contributed by atoms with Crippen LogP contribution in [0.5, 0.6) is 0 Å². The van der Waals surface area contributed by atoms with Crippen LogP contribution in [-0.2, 0) is 17.4 Å². The normalized spacial score (nSPS) is 20.2. The number of hydrogen-bond donors (Lipinski definition) is 1. The molecule has 2 fully saturated rings. The third kappa shape index (κ3) is 1.70. The Balaban J connectivity index is 1.67. The minimum absolute atomic E-state index is 0.0779. The molecule has 5 rings (SSSR count). The zero-order valence-electron chi connectivity index (χ0n) is 13.2. The van der Waals surface area contributed by atoms with Crippen molar-refractivity contribution in [3.8, 4) is 11.3 Å². The number of nitrogens with zero attached hydrogens (tertiary/aromatic N) is 5. The summed E-state index contributed by atoms with van der Waals surface area (Å²) >= 11 is 0. The highest BCUT2D eigenvalue weighted by atomic mass is 16.2. The van der Waals surface area contributed by atoms with Crippen LogP contribution in [0.3, 0.4) is 0 Å². The molecule has 1 spiro atoms. The van der Waals surface area contributed by atoms with Gasteiger partial charge >= 0.3 is 0 Å². The maximum atomic E-state index is 12.2. The first-order valence-electron chi connectivity index (χ1n) is 8.06. The lowest BCUT2D eigenvalue weighted by molar-refractivity contribution is -0.117. The Morgan fingerprint density at radius 1 is 1.30 bits per heavy atom. The molecule has 1 N–H and O–H groups in total. The number of carbonyl (C=O) groups is 1. The van der Waals surface area contributed by atoms with Gasteiger partial charge in [-0.05, 0) is 31.7 Å². The van der Waals surface area contributed by atoms with Gasteiger partial charge in [0.1, 0.15) is 11.4 Å². The predicted molar refractivity (Wildman–Crippen MR) is 84.9 cm³/mol. The molecule has 3 heterocycles. The number of carbonyl (C=O) groups excluding carboxylic acids is 1. The average molecular weight is 310 g/mol. The van der Waals surface area contributed by atoms with Crippen molar-refractivity contribution >= 4 is 17.4 Å². The van der Waals surface area contributed by atoms with E-state index in [1.165, 1.54) is 0 Å². The summed E-state index contributed by atoms with van der Waals surface area (Å²) < 4.78 is 0. The lowest BCUT2D eigenvalue weighted by atomic mass is 9.96. The summed E-state index contributed by atoms with van der Waals surface area (Å²) in [7, 11) is 3.92. The molecule has 1 amide bonds. The quantitative estimate of drug-likeness (QED) is 0.913. The van der Waals surface area contributed by atoms with Crippen LogP contribution >= 0.6 is 0 Å². The largest absolute Gasteiger partial charge is 0.360 e. The molecule has 2 saturated carbocycles. The summed E-state index contributed by atoms with van der Waals surface area (Å²) in [5.41, 5.74) is 3.84. The fourth-order valence-corrected chi connectivity index (χ4v) is 3.61. The van der Waals surface area contributed by atoms with E-state index >= 15 is 0 Å². The van der Waals surface area contributed by atoms with Gasteiger partial charge in [0, 0.05) is 31.8 Å². The molecule has 0 bridgehead atoms. The van der Waals surface area contributed by atoms with Crippen LogP contribution in [-0.4, -0.2) is 32.9 Å². The van der Waals surface area contributed by atoms with Crippen molar-refractivity contribution in [2.45, 2.75) is 31.2 Å². The van der Waals surface area contributed by atoms with Crippen molar-refractivity contribution in [2.75, 3.05) is 17.3 Å². The van der Waals surface area contributed by atoms with E-state index in [2.05, 4.69) is 32.4 Å². The van der Waals surface area contributed by atoms with Crippen molar-refractivity contribution < 1.29 is 4.79 Å². The van der Waals surface area contributed by atoms with Crippen LogP contribution in [0.15, 0.2) is 12.3 Å². The SMILES string of the molecule is CN1c2c(ccnc2NC(=O)C2CC2)-c2nn(C)nc2C12CC2. The van der Waals surface area contributed by atoms with Crippen LogP contribution in [0, 0.1) is 5.92 Å². The van der Waals surface area contributed by atoms with Crippen LogP contribution in [0.25, 0.3) is 11.3 Å². The van der Waals surface area contributed by atoms with Gasteiger partial charge in [0.05, 0.1) is 11.2 Å². The average Bonchev–Trinajstić information content (AvgIpc) is 3.43. The van der Waals surface area contributed by atoms with Gasteiger partial charge in [0.2, 0.25) is 5.91 Å². The van der Waals surface area contributed by atoms with Crippen molar-refractivity contribution in [3.05, 3.63) is 18.0 Å². The molecule has 0 unspecified atom stereocenters. The highest BCUT2D eigenvalue weighted by Crippen LogP contribution is 2.59. The second-order valence-electron chi connectivity index (χ2n) is 6.80. The van der Waals surface area contributed by atoms with E-state index in [0.29, 0.717) is 5.82 Å². The summed E-state index contributed by atoms with van der Waals surface area (Å²) in [5.74, 6) is 0.877. The minimum Gasteiger partial charge on any atom is -0.360 e. The fraction of sp³-hybridized carbons (Fsp3) is 0.500. The number of pyridine rings is 1. The zero-order valence-corrected chi connectivity index (χ0v) is 13.2. The molecule has 0 saturated heterocycles. The second-order valence-corrected chi connectivity index (χ2v) is 6.80. The van der Waals surface area contributed by atoms with Gasteiger partial charge in [-0.15, -0.1) is 0 Å². The summed E-state index contributed by atoms with van der Waals surface area (Å²) in [6.07, 6.45) is 5.81. The molecule has 2 aromatic rings. The Hall–Kier alpha value is -2.44. The summed E-state index contributed by atoms with van der Waals surface area (Å²) in [6.45, 7) is 0. The highest BCUT2D eigenvalue weighted by Gasteiger charge is 2.56. The molecule has 1 aliphatic heterocycles. The van der Waals surface area contributed by atoms with E-state index < -0.39 is 0 Å². The van der Waals surface area contributed by atoms with Crippen molar-refractivity contribution in [3.63, 3.8) is 0 Å². The number of aryl methyl sites for hydroxylation is 1. The second kappa shape index (κ2) is 4.10. The maximum absolute atomic E-state index is 12.2. The first-order valence-corrected chi connectivity index (χ1v) is 8.06. The van der Waals surface area contributed by atoms with E-state index in [1.54, 1.807) is 11.0 Å². The van der Waals surface area contributed by atoms with Gasteiger partial charge in [-0.25, -0.2) is 4.98 Å². The smallest absolute Gasteiger partial charge is 0.228 e. The standard InChI is InChI=1S/C16H18N6O/c1-21-12-10(5-8-17-14(12)18-15(23)9-3-4-9)11-13(16(21)6-7-16)20-22(2)19-11/h5,8-9H,3-4,6-7H2,1-2H3,(H,17,18,23). The molecule has 23 heavy (non-hydrogen) atoms. The molecule has 0 aromatic carbocycles. The summed E-state index contributed by atoms with van der Waals surface area (Å²) in [4.78, 5) is 20.5. The molecule has 7 nitrogen and oxygen atoms in total. The van der Waals surface area contributed by atoms with E-state index in [1.807, 2.05) is 13.1 Å². The Labute approximate surface area is 133 Å². The fourth-order valence-electron chi connectivity index (χ4n) is 3.61. The molecule has 118 valence electrons. The van der Waals surface area contributed by atoms with Gasteiger partial charge in [-0.3, -0.25) is 4.79 Å². The molecular formula is C16H18N6O. The third-order valence-corrected chi connectivity index (χ3v) is 5.22. The number of hydrogen-bond acceptors (Lipinski definition) is 5. The summed E-state index contributed by atoms with van der Waals surface area (Å²) in [6, 6.07) is 1.96. The molecule has 2 aliphatic carbocycles. The molecule has 0 atom stereocenters. The monoisotopic (exact) mass is 310 g/mol. The van der Waals surface area contributed by atoms with E-state index in [4.69, 9.17) is 0 Å². The Morgan fingerprint density at radius 3 is 2.78 bits per heavy atom. The minimum atomic E-state index is -0.0846. The lowest BCUT2D eigenvalue weighted by Gasteiger charge is -2.35. The molecule has 2 aromatic heterocycles. The lowest BCUT2D eigenvalue weighted by Crippen LogP contribution is -2.36. The molecule has 7 heteroatoms. The number of nitrogens with one attached hydrogen (secondary N) is 1. The Kier molecular flexibility index (Phi) is 2.32. The van der Waals surface area contributed by atoms with Gasteiger partial charge in [0.15, 0.2) is 5.82 Å². The Morgan fingerprint density at radius 2 is 2.09 bits per heavy atom. The number of anilines is 2. The van der Waals surface area contributed by atoms with E-state index in [9.17, 15) is 4.79 Å². The van der Waals surface area contributed by atoms with Crippen LogP contribution in [0.1, 0.15) is 31.4 Å². The number of aromatic nitrogens is 4. The first-order chi connectivity index (χ1) is 11.1. The van der Waals surface area contributed by atoms with Crippen molar-refractivity contribution in [1.29, 1.82) is 0 Å². The highest BCUT2D eigenvalue weighted by molar-refractivity contribution is 5.99. The van der Waals surface area contributed by atoms with Gasteiger partial charge in [0.25, 0.3) is 0 Å². The maximum Gasteiger partial charge on any atom is 0.228 e. The van der Waals surface area contributed by atoms with Crippen molar-refractivity contribution in [1.82, 2.24) is 20.0 Å². The molecule has 0 radical (unpaired) electrons. The number of rotatable bonds is 2. The molecule has 3 aliphatic rings. The predicted octanol–water partition coefficient (Wildman–Crippen LogP) is 1.66.